The standard InChI is InChI=1S/C23H26N3O3/c1-29-19-9-7-18(8-10-19)16-21(27)26-13-11-23(12-14-26)24-20(22(28)25-23)15-17-5-3-2-4-6-17/h2-10,20,24H,11-16H2,1H3. The summed E-state index contributed by atoms with van der Waals surface area (Å²) in [6.45, 7) is 1.22. The number of carbonyl (C=O) groups excluding carboxylic acids is 2. The Morgan fingerprint density at radius 3 is 2.45 bits per heavy atom. The molecule has 4 rings (SSSR count). The second-order valence-corrected chi connectivity index (χ2v) is 7.77. The summed E-state index contributed by atoms with van der Waals surface area (Å²) in [6, 6.07) is 17.3. The number of amides is 2. The number of nitrogens with one attached hydrogen (secondary N) is 1. The molecule has 6 heteroatoms. The summed E-state index contributed by atoms with van der Waals surface area (Å²) < 4.78 is 5.16. The van der Waals surface area contributed by atoms with Gasteiger partial charge in [-0.25, -0.2) is 5.32 Å². The minimum atomic E-state index is -0.520. The number of likely N-dealkylation sites (tertiary alicyclic amines) is 1. The Hall–Kier alpha value is -2.86. The van der Waals surface area contributed by atoms with Gasteiger partial charge in [-0.15, -0.1) is 0 Å². The van der Waals surface area contributed by atoms with Gasteiger partial charge in [0.25, 0.3) is 5.91 Å². The minimum absolute atomic E-state index is 0.0770. The van der Waals surface area contributed by atoms with E-state index in [-0.39, 0.29) is 17.9 Å². The molecule has 2 saturated heterocycles. The van der Waals surface area contributed by atoms with Gasteiger partial charge in [-0.05, 0) is 29.7 Å². The van der Waals surface area contributed by atoms with E-state index < -0.39 is 5.66 Å². The first-order valence-corrected chi connectivity index (χ1v) is 10.1. The van der Waals surface area contributed by atoms with E-state index >= 15 is 0 Å². The van der Waals surface area contributed by atoms with E-state index in [4.69, 9.17) is 4.74 Å². The van der Waals surface area contributed by atoms with E-state index in [0.29, 0.717) is 38.8 Å². The molecular formula is C23H26N3O3. The van der Waals surface area contributed by atoms with E-state index in [9.17, 15) is 9.59 Å². The van der Waals surface area contributed by atoms with E-state index in [0.717, 1.165) is 16.9 Å². The lowest BCUT2D eigenvalue weighted by molar-refractivity contribution is -0.132. The van der Waals surface area contributed by atoms with Crippen LogP contribution in [-0.4, -0.2) is 48.6 Å². The highest BCUT2D eigenvalue weighted by molar-refractivity contribution is 5.85. The van der Waals surface area contributed by atoms with Crippen LogP contribution in [0, 0.1) is 0 Å². The normalized spacial score (nSPS) is 20.5. The number of hydrogen-bond acceptors (Lipinski definition) is 4. The average molecular weight is 392 g/mol. The van der Waals surface area contributed by atoms with Gasteiger partial charge in [-0.2, -0.15) is 0 Å². The van der Waals surface area contributed by atoms with Crippen molar-refractivity contribution in [3.63, 3.8) is 0 Å². The molecule has 1 N–H and O–H groups in total. The van der Waals surface area contributed by atoms with Crippen LogP contribution in [0.4, 0.5) is 0 Å². The molecule has 1 spiro atoms. The van der Waals surface area contributed by atoms with Crippen LogP contribution < -0.4 is 15.4 Å². The summed E-state index contributed by atoms with van der Waals surface area (Å²) in [5.74, 6) is 0.812. The van der Waals surface area contributed by atoms with E-state index in [1.807, 2.05) is 59.5 Å². The number of rotatable bonds is 5. The van der Waals surface area contributed by atoms with Crippen molar-refractivity contribution in [3.05, 3.63) is 65.7 Å². The van der Waals surface area contributed by atoms with Gasteiger partial charge in [0.15, 0.2) is 0 Å². The highest BCUT2D eigenvalue weighted by atomic mass is 16.5. The van der Waals surface area contributed by atoms with Gasteiger partial charge >= 0.3 is 0 Å². The van der Waals surface area contributed by atoms with Crippen molar-refractivity contribution in [1.82, 2.24) is 15.5 Å². The lowest BCUT2D eigenvalue weighted by atomic mass is 9.96. The number of ether oxygens (including phenoxy) is 1. The van der Waals surface area contributed by atoms with Crippen LogP contribution in [0.15, 0.2) is 54.6 Å². The fourth-order valence-corrected chi connectivity index (χ4v) is 4.11. The molecule has 2 aromatic carbocycles. The molecule has 2 aliphatic rings. The van der Waals surface area contributed by atoms with Gasteiger partial charge < -0.3 is 9.64 Å². The number of carbonyl (C=O) groups is 2. The van der Waals surface area contributed by atoms with E-state index in [1.54, 1.807) is 7.11 Å². The molecule has 1 atom stereocenters. The maximum atomic E-state index is 12.7. The first-order valence-electron chi connectivity index (χ1n) is 10.1. The Balaban J connectivity index is 1.31. The predicted octanol–water partition coefficient (Wildman–Crippen LogP) is 1.90. The molecule has 2 aliphatic heterocycles. The summed E-state index contributed by atoms with van der Waals surface area (Å²) >= 11 is 0. The molecule has 0 aliphatic carbocycles. The highest BCUT2D eigenvalue weighted by Gasteiger charge is 2.47. The summed E-state index contributed by atoms with van der Waals surface area (Å²) in [6.07, 6.45) is 2.35. The van der Waals surface area contributed by atoms with E-state index in [1.165, 1.54) is 0 Å². The molecule has 2 aromatic rings. The number of methoxy groups -OCH3 is 1. The molecule has 2 amide bonds. The van der Waals surface area contributed by atoms with Crippen LogP contribution in [0.5, 0.6) is 5.75 Å². The van der Waals surface area contributed by atoms with Crippen LogP contribution in [0.2, 0.25) is 0 Å². The molecule has 2 fully saturated rings. The van der Waals surface area contributed by atoms with Gasteiger partial charge in [0.05, 0.1) is 19.6 Å². The van der Waals surface area contributed by atoms with Gasteiger partial charge in [0.1, 0.15) is 11.4 Å². The van der Waals surface area contributed by atoms with Gasteiger partial charge in [-0.1, -0.05) is 42.5 Å². The van der Waals surface area contributed by atoms with Gasteiger partial charge in [0.2, 0.25) is 5.91 Å². The predicted molar refractivity (Wildman–Crippen MR) is 109 cm³/mol. The molecule has 0 saturated carbocycles. The molecule has 1 unspecified atom stereocenters. The van der Waals surface area contributed by atoms with Crippen molar-refractivity contribution >= 4 is 11.8 Å². The molecule has 2 heterocycles. The molecule has 1 radical (unpaired) electrons. The maximum Gasteiger partial charge on any atom is 0.260 e. The smallest absolute Gasteiger partial charge is 0.260 e. The second-order valence-electron chi connectivity index (χ2n) is 7.77. The third-order valence-electron chi connectivity index (χ3n) is 5.81. The quantitative estimate of drug-likeness (QED) is 0.844. The zero-order valence-corrected chi connectivity index (χ0v) is 16.6. The Morgan fingerprint density at radius 2 is 1.79 bits per heavy atom. The number of piperidine rings is 1. The zero-order valence-electron chi connectivity index (χ0n) is 16.6. The van der Waals surface area contributed by atoms with Crippen molar-refractivity contribution in [2.75, 3.05) is 20.2 Å². The molecule has 0 bridgehead atoms. The minimum Gasteiger partial charge on any atom is -0.497 e. The maximum absolute atomic E-state index is 12.7. The fraction of sp³-hybridized carbons (Fsp3) is 0.391. The number of nitrogens with zero attached hydrogens (tertiary/aromatic N) is 2. The van der Waals surface area contributed by atoms with Crippen molar-refractivity contribution in [3.8, 4) is 5.75 Å². The Morgan fingerprint density at radius 1 is 1.10 bits per heavy atom. The molecular weight excluding hydrogens is 366 g/mol. The van der Waals surface area contributed by atoms with Crippen molar-refractivity contribution in [2.45, 2.75) is 37.4 Å². The summed E-state index contributed by atoms with van der Waals surface area (Å²) in [5, 5.41) is 7.91. The SMILES string of the molecule is COc1ccc(CC(=O)N2CCC3(CC2)[N]C(=O)C(Cc2ccccc2)N3)cc1. The lowest BCUT2D eigenvalue weighted by Crippen LogP contribution is -2.56. The lowest BCUT2D eigenvalue weighted by Gasteiger charge is -2.38. The fourth-order valence-electron chi connectivity index (χ4n) is 4.11. The summed E-state index contributed by atoms with van der Waals surface area (Å²) in [4.78, 5) is 27.0. The van der Waals surface area contributed by atoms with Crippen molar-refractivity contribution in [2.24, 2.45) is 0 Å². The summed E-state index contributed by atoms with van der Waals surface area (Å²) in [5.41, 5.74) is 1.57. The Labute approximate surface area is 171 Å². The first kappa shape index (κ1) is 19.5. The second kappa shape index (κ2) is 8.25. The van der Waals surface area contributed by atoms with Crippen molar-refractivity contribution in [1.29, 1.82) is 0 Å². The third kappa shape index (κ3) is 4.43. The average Bonchev–Trinajstić information content (AvgIpc) is 3.04. The molecule has 0 aromatic heterocycles. The number of benzene rings is 2. The van der Waals surface area contributed by atoms with E-state index in [2.05, 4.69) is 10.6 Å². The Bertz CT molecular complexity index is 859. The van der Waals surface area contributed by atoms with Crippen LogP contribution in [0.1, 0.15) is 24.0 Å². The van der Waals surface area contributed by atoms with Crippen molar-refractivity contribution < 1.29 is 14.3 Å². The highest BCUT2D eigenvalue weighted by Crippen LogP contribution is 2.27. The molecule has 29 heavy (non-hydrogen) atoms. The largest absolute Gasteiger partial charge is 0.497 e. The molecule has 151 valence electrons. The Kier molecular flexibility index (Phi) is 5.53. The topological polar surface area (TPSA) is 72.7 Å². The molecule has 6 nitrogen and oxygen atoms in total. The van der Waals surface area contributed by atoms with Crippen LogP contribution >= 0.6 is 0 Å². The monoisotopic (exact) mass is 392 g/mol. The first-order chi connectivity index (χ1) is 14.1. The van der Waals surface area contributed by atoms with Gasteiger partial charge in [-0.3, -0.25) is 14.9 Å². The summed E-state index contributed by atoms with van der Waals surface area (Å²) in [7, 11) is 1.63. The zero-order chi connectivity index (χ0) is 20.3. The third-order valence-corrected chi connectivity index (χ3v) is 5.81. The van der Waals surface area contributed by atoms with Crippen LogP contribution in [0.3, 0.4) is 0 Å². The van der Waals surface area contributed by atoms with Crippen LogP contribution in [0.25, 0.3) is 0 Å². The van der Waals surface area contributed by atoms with Gasteiger partial charge in [0, 0.05) is 25.9 Å². The number of hydrogen-bond donors (Lipinski definition) is 1. The van der Waals surface area contributed by atoms with Crippen LogP contribution in [-0.2, 0) is 22.4 Å².